The Bertz CT molecular complexity index is 814. The van der Waals surface area contributed by atoms with Crippen LogP contribution < -0.4 is 0 Å². The fraction of sp³-hybridized carbons (Fsp3) is 0. The van der Waals surface area contributed by atoms with Crippen molar-refractivity contribution in [3.63, 3.8) is 0 Å². The molecule has 0 aliphatic rings. The molecule has 18 heteroatoms. The number of nitrogens with zero attached hydrogens (tertiary/aromatic N) is 2. The Kier molecular flexibility index (Phi) is 19.3. The topological polar surface area (TPSA) is 152 Å². The van der Waals surface area contributed by atoms with Crippen LogP contribution in [-0.4, -0.2) is 41.5 Å². The van der Waals surface area contributed by atoms with Crippen molar-refractivity contribution in [3.8, 4) is 0 Å². The average molecular weight is 550 g/mol. The Morgan fingerprint density at radius 2 is 1.00 bits per heavy atom. The molecule has 0 atom stereocenters. The summed E-state index contributed by atoms with van der Waals surface area (Å²) in [6, 6.07) is 0. The summed E-state index contributed by atoms with van der Waals surface area (Å²) in [6.45, 7) is 0. The summed E-state index contributed by atoms with van der Waals surface area (Å²) in [5.41, 5.74) is 0. The van der Waals surface area contributed by atoms with Gasteiger partial charge in [0.1, 0.15) is 0 Å². The average Bonchev–Trinajstić information content (AvgIpc) is 3.06. The molecular formula is C6H8N6O2S9Zn. The number of hydrogen-bond acceptors (Lipinski definition) is 11. The first-order valence-corrected chi connectivity index (χ1v) is 9.49. The van der Waals surface area contributed by atoms with Crippen LogP contribution in [0.25, 0.3) is 0 Å². The fourth-order valence-corrected chi connectivity index (χ4v) is 3.96. The van der Waals surface area contributed by atoms with E-state index in [0.717, 1.165) is 0 Å². The summed E-state index contributed by atoms with van der Waals surface area (Å²) in [6.07, 6.45) is 0. The zero-order valence-electron chi connectivity index (χ0n) is 11.3. The molecule has 8 nitrogen and oxygen atoms in total. The molecule has 0 radical (unpaired) electrons. The van der Waals surface area contributed by atoms with Gasteiger partial charge in [0.25, 0.3) is 0 Å². The maximum absolute atomic E-state index is 4.70. The largest absolute Gasteiger partial charge is 2.00 e. The van der Waals surface area contributed by atoms with E-state index in [1.165, 1.54) is 34.0 Å². The molecule has 0 fully saturated rings. The number of H-pyrrole nitrogens is 4. The van der Waals surface area contributed by atoms with E-state index >= 15 is 0 Å². The molecule has 0 bridgehead atoms. The van der Waals surface area contributed by atoms with Crippen LogP contribution in [0.1, 0.15) is 0 Å². The minimum Gasteiger partial charge on any atom is -0.412 e. The molecule has 24 heavy (non-hydrogen) atoms. The minimum absolute atomic E-state index is 0. The Balaban J connectivity index is -0.000000259. The van der Waals surface area contributed by atoms with Crippen molar-refractivity contribution in [1.82, 2.24) is 30.6 Å². The smallest absolute Gasteiger partial charge is 0.412 e. The molecule has 0 spiro atoms. The first kappa shape index (κ1) is 29.3. The van der Waals surface area contributed by atoms with Crippen molar-refractivity contribution < 1.29 is 30.4 Å². The molecule has 0 aliphatic carbocycles. The van der Waals surface area contributed by atoms with Crippen molar-refractivity contribution in [1.29, 1.82) is 0 Å². The SMILES string of the molecule is O.O.S=c1[nH][nH]c(=S)s1.S=c1[nH]nc([S-])s1.S=c1[nH]nc([S-])s1.[Zn+2]. The van der Waals surface area contributed by atoms with Gasteiger partial charge in [-0.2, -0.15) is 10.2 Å². The quantitative estimate of drug-likeness (QED) is 0.189. The maximum Gasteiger partial charge on any atom is 2.00 e. The predicted octanol–water partition coefficient (Wildman–Crippen LogP) is 2.42. The van der Waals surface area contributed by atoms with Gasteiger partial charge in [-0.05, 0) is 33.1 Å². The molecule has 0 unspecified atom stereocenters. The van der Waals surface area contributed by atoms with E-state index in [1.807, 2.05) is 0 Å². The van der Waals surface area contributed by atoms with Crippen LogP contribution in [0.5, 0.6) is 0 Å². The van der Waals surface area contributed by atoms with Crippen molar-refractivity contribution in [3.05, 3.63) is 15.8 Å². The van der Waals surface area contributed by atoms with E-state index in [4.69, 9.17) is 24.4 Å². The predicted molar refractivity (Wildman–Crippen MR) is 108 cm³/mol. The van der Waals surface area contributed by atoms with Crippen molar-refractivity contribution in [2.24, 2.45) is 0 Å². The van der Waals surface area contributed by atoms with Crippen molar-refractivity contribution in [2.45, 2.75) is 8.68 Å². The summed E-state index contributed by atoms with van der Waals surface area (Å²) in [7, 11) is 0. The molecule has 3 aromatic heterocycles. The van der Waals surface area contributed by atoms with E-state index in [2.05, 4.69) is 80.3 Å². The van der Waals surface area contributed by atoms with Gasteiger partial charge >= 0.3 is 19.5 Å². The van der Waals surface area contributed by atoms with E-state index in [0.29, 0.717) is 24.5 Å². The van der Waals surface area contributed by atoms with Gasteiger partial charge < -0.3 is 58.9 Å². The van der Waals surface area contributed by atoms with Gasteiger partial charge in [-0.25, -0.2) is 0 Å². The van der Waals surface area contributed by atoms with Crippen LogP contribution in [0, 0.1) is 15.8 Å². The third kappa shape index (κ3) is 13.8. The normalized spacial score (nSPS) is 8.00. The van der Waals surface area contributed by atoms with Gasteiger partial charge in [-0.1, -0.05) is 35.8 Å². The van der Waals surface area contributed by atoms with Gasteiger partial charge in [0.2, 0.25) is 0 Å². The second-order valence-corrected chi connectivity index (χ2v) is 9.66. The molecule has 3 heterocycles. The summed E-state index contributed by atoms with van der Waals surface area (Å²) >= 11 is 32.0. The second-order valence-electron chi connectivity index (χ2n) is 2.69. The minimum atomic E-state index is 0. The van der Waals surface area contributed by atoms with Gasteiger partial charge in [0.15, 0.2) is 7.91 Å². The number of hydrogen-bond donors (Lipinski definition) is 4. The summed E-state index contributed by atoms with van der Waals surface area (Å²) in [4.78, 5) is 0. The molecule has 3 rings (SSSR count). The fourth-order valence-electron chi connectivity index (χ4n) is 0.670. The molecule has 130 valence electrons. The standard InChI is InChI=1S/3C2H2N2S3.2H2O.Zn/c3*5-1-3-4-2(6)7-1;;;/h3*(H,3,5)(H,4,6);2*1H2;/q;;;;;+2/p-2. The summed E-state index contributed by atoms with van der Waals surface area (Å²) in [5.74, 6) is 0. The maximum atomic E-state index is 4.70. The van der Waals surface area contributed by atoms with Gasteiger partial charge in [0, 0.05) is 0 Å². The van der Waals surface area contributed by atoms with Gasteiger partial charge in [-0.15, -0.1) is 0 Å². The Morgan fingerprint density at radius 3 is 1.08 bits per heavy atom. The Morgan fingerprint density at radius 1 is 0.667 bits per heavy atom. The number of aromatic nitrogens is 6. The van der Waals surface area contributed by atoms with Crippen molar-refractivity contribution in [2.75, 3.05) is 0 Å². The number of nitrogens with one attached hydrogen (secondary N) is 4. The number of aromatic amines is 4. The van der Waals surface area contributed by atoms with E-state index in [1.54, 1.807) is 0 Å². The van der Waals surface area contributed by atoms with E-state index in [-0.39, 0.29) is 30.4 Å². The van der Waals surface area contributed by atoms with Crippen LogP contribution in [0.2, 0.25) is 0 Å². The molecule has 0 amide bonds. The van der Waals surface area contributed by atoms with Crippen molar-refractivity contribution >= 4 is 108 Å². The molecule has 3 aromatic rings. The zero-order chi connectivity index (χ0) is 15.8. The first-order valence-electron chi connectivity index (χ1n) is 4.59. The molecule has 0 aromatic carbocycles. The third-order valence-electron chi connectivity index (χ3n) is 1.29. The summed E-state index contributed by atoms with van der Waals surface area (Å²) in [5, 5.41) is 17.7. The first-order chi connectivity index (χ1) is 9.86. The monoisotopic (exact) mass is 548 g/mol. The van der Waals surface area contributed by atoms with Gasteiger partial charge in [-0.3, -0.25) is 20.4 Å². The number of rotatable bonds is 0. The zero-order valence-corrected chi connectivity index (χ0v) is 21.6. The molecule has 8 N–H and O–H groups in total. The van der Waals surface area contributed by atoms with Crippen LogP contribution >= 0.6 is 82.9 Å². The second kappa shape index (κ2) is 15.8. The summed E-state index contributed by atoms with van der Waals surface area (Å²) < 4.78 is 3.83. The van der Waals surface area contributed by atoms with E-state index < -0.39 is 0 Å². The van der Waals surface area contributed by atoms with Gasteiger partial charge in [0.05, 0.1) is 7.91 Å². The molecule has 0 saturated heterocycles. The molecular weight excluding hydrogens is 542 g/mol. The molecule has 0 saturated carbocycles. The van der Waals surface area contributed by atoms with E-state index in [9.17, 15) is 0 Å². The third-order valence-corrected chi connectivity index (χ3v) is 5.02. The van der Waals surface area contributed by atoms with Crippen LogP contribution in [-0.2, 0) is 44.7 Å². The van der Waals surface area contributed by atoms with Crippen LogP contribution in [0.3, 0.4) is 0 Å². The Labute approximate surface area is 191 Å². The van der Waals surface area contributed by atoms with Crippen LogP contribution in [0.4, 0.5) is 0 Å². The molecule has 0 aliphatic heterocycles. The van der Waals surface area contributed by atoms with Crippen LogP contribution in [0.15, 0.2) is 8.68 Å². The Hall–Kier alpha value is 0.543.